The zero-order valence-electron chi connectivity index (χ0n) is 12.2. The highest BCUT2D eigenvalue weighted by Crippen LogP contribution is 2.53. The molecule has 2 aromatic carbocycles. The maximum atomic E-state index is 13.0. The molecule has 2 N–H and O–H groups in total. The molecule has 0 heterocycles. The van der Waals surface area contributed by atoms with Crippen LogP contribution in [0.15, 0.2) is 53.4 Å². The Balaban J connectivity index is 1.93. The summed E-state index contributed by atoms with van der Waals surface area (Å²) in [5.41, 5.74) is 7.59. The molecule has 0 saturated heterocycles. The molecule has 3 nitrogen and oxygen atoms in total. The van der Waals surface area contributed by atoms with Gasteiger partial charge in [-0.3, -0.25) is 0 Å². The molecule has 3 atom stereocenters. The van der Waals surface area contributed by atoms with Gasteiger partial charge in [0.25, 0.3) is 0 Å². The van der Waals surface area contributed by atoms with E-state index in [-0.39, 0.29) is 17.7 Å². The molecular formula is C17H18FNO2S. The lowest BCUT2D eigenvalue weighted by molar-refractivity contribution is 0.591. The number of halogens is 1. The highest BCUT2D eigenvalue weighted by molar-refractivity contribution is 7.92. The van der Waals surface area contributed by atoms with Gasteiger partial charge in [-0.15, -0.1) is 0 Å². The molecule has 1 fully saturated rings. The number of aryl methyl sites for hydroxylation is 1. The second kappa shape index (κ2) is 5.48. The lowest BCUT2D eigenvalue weighted by Gasteiger charge is -2.05. The summed E-state index contributed by atoms with van der Waals surface area (Å²) in [6.45, 7) is 2.22. The average Bonchev–Trinajstić information content (AvgIpc) is 3.24. The van der Waals surface area contributed by atoms with Crippen molar-refractivity contribution in [1.29, 1.82) is 0 Å². The number of benzene rings is 2. The second-order valence-electron chi connectivity index (χ2n) is 5.80. The van der Waals surface area contributed by atoms with Crippen molar-refractivity contribution in [2.24, 2.45) is 11.7 Å². The lowest BCUT2D eigenvalue weighted by atomic mass is 10.1. The van der Waals surface area contributed by atoms with Gasteiger partial charge in [0.15, 0.2) is 9.84 Å². The van der Waals surface area contributed by atoms with Crippen molar-refractivity contribution in [3.8, 4) is 0 Å². The minimum absolute atomic E-state index is 0.114. The number of rotatable bonds is 4. The third kappa shape index (κ3) is 2.55. The van der Waals surface area contributed by atoms with E-state index in [1.807, 2.05) is 6.92 Å². The Morgan fingerprint density at radius 1 is 1.05 bits per heavy atom. The molecule has 1 aliphatic carbocycles. The quantitative estimate of drug-likeness (QED) is 0.942. The smallest absolute Gasteiger partial charge is 0.182 e. The maximum Gasteiger partial charge on any atom is 0.182 e. The van der Waals surface area contributed by atoms with E-state index in [9.17, 15) is 12.8 Å². The first-order valence-electron chi connectivity index (χ1n) is 7.21. The average molecular weight is 319 g/mol. The molecule has 5 heteroatoms. The van der Waals surface area contributed by atoms with Crippen LogP contribution in [0.1, 0.15) is 17.0 Å². The van der Waals surface area contributed by atoms with Crippen molar-refractivity contribution in [3.05, 3.63) is 65.5 Å². The molecule has 0 unspecified atom stereocenters. The van der Waals surface area contributed by atoms with Gasteiger partial charge in [-0.25, -0.2) is 12.8 Å². The van der Waals surface area contributed by atoms with E-state index in [1.165, 1.54) is 12.1 Å². The van der Waals surface area contributed by atoms with Crippen molar-refractivity contribution in [3.63, 3.8) is 0 Å². The van der Waals surface area contributed by atoms with Crippen molar-refractivity contribution in [1.82, 2.24) is 0 Å². The fourth-order valence-corrected chi connectivity index (χ4v) is 5.28. The van der Waals surface area contributed by atoms with Gasteiger partial charge >= 0.3 is 0 Å². The van der Waals surface area contributed by atoms with Crippen LogP contribution in [0.2, 0.25) is 0 Å². The van der Waals surface area contributed by atoms with E-state index in [4.69, 9.17) is 5.73 Å². The van der Waals surface area contributed by atoms with Crippen LogP contribution >= 0.6 is 0 Å². The molecule has 0 amide bonds. The summed E-state index contributed by atoms with van der Waals surface area (Å²) < 4.78 is 38.6. The summed E-state index contributed by atoms with van der Waals surface area (Å²) >= 11 is 0. The molecule has 22 heavy (non-hydrogen) atoms. The van der Waals surface area contributed by atoms with Crippen LogP contribution in [0.3, 0.4) is 0 Å². The first-order valence-corrected chi connectivity index (χ1v) is 8.76. The number of sulfone groups is 1. The molecule has 0 aromatic heterocycles. The van der Waals surface area contributed by atoms with Crippen molar-refractivity contribution >= 4 is 9.84 Å². The standard InChI is InChI=1S/C17H18FNO2S/c1-11-2-8-14(9-3-11)22(20,21)17-15(10-19)16(17)12-4-6-13(18)7-5-12/h2-9,15-17H,10,19H2,1H3/t15-,16-,17-/m0/s1. The molecular weight excluding hydrogens is 301 g/mol. The van der Waals surface area contributed by atoms with Crippen LogP contribution in [-0.2, 0) is 9.84 Å². The van der Waals surface area contributed by atoms with E-state index in [0.29, 0.717) is 11.4 Å². The van der Waals surface area contributed by atoms with Gasteiger partial charge in [0.2, 0.25) is 0 Å². The molecule has 0 spiro atoms. The van der Waals surface area contributed by atoms with Crippen LogP contribution in [0.5, 0.6) is 0 Å². The molecule has 3 rings (SSSR count). The van der Waals surface area contributed by atoms with Gasteiger partial charge in [-0.2, -0.15) is 0 Å². The van der Waals surface area contributed by atoms with E-state index < -0.39 is 15.1 Å². The number of hydrogen-bond acceptors (Lipinski definition) is 3. The Labute approximate surface area is 129 Å². The zero-order valence-corrected chi connectivity index (χ0v) is 13.1. The molecule has 1 saturated carbocycles. The van der Waals surface area contributed by atoms with E-state index in [1.54, 1.807) is 36.4 Å². The predicted octanol–water partition coefficient (Wildman–Crippen LogP) is 2.65. The summed E-state index contributed by atoms with van der Waals surface area (Å²) in [5.74, 6) is -0.597. The van der Waals surface area contributed by atoms with Crippen molar-refractivity contribution in [2.75, 3.05) is 6.54 Å². The van der Waals surface area contributed by atoms with Crippen LogP contribution in [0.4, 0.5) is 4.39 Å². The Kier molecular flexibility index (Phi) is 3.78. The van der Waals surface area contributed by atoms with Crippen molar-refractivity contribution in [2.45, 2.75) is 23.0 Å². The maximum absolute atomic E-state index is 13.0. The zero-order chi connectivity index (χ0) is 15.9. The van der Waals surface area contributed by atoms with Crippen molar-refractivity contribution < 1.29 is 12.8 Å². The Morgan fingerprint density at radius 3 is 2.18 bits per heavy atom. The van der Waals surface area contributed by atoms with Gasteiger partial charge in [0.05, 0.1) is 10.1 Å². The first-order chi connectivity index (χ1) is 10.4. The monoisotopic (exact) mass is 319 g/mol. The Bertz CT molecular complexity index is 769. The van der Waals surface area contributed by atoms with E-state index >= 15 is 0 Å². The largest absolute Gasteiger partial charge is 0.330 e. The molecule has 0 radical (unpaired) electrons. The Morgan fingerprint density at radius 2 is 1.64 bits per heavy atom. The summed E-state index contributed by atoms with van der Waals surface area (Å²) in [7, 11) is -3.43. The third-order valence-corrected chi connectivity index (χ3v) is 6.62. The Hall–Kier alpha value is -1.72. The van der Waals surface area contributed by atoms with Crippen LogP contribution < -0.4 is 5.73 Å². The van der Waals surface area contributed by atoms with Crippen LogP contribution in [0, 0.1) is 18.7 Å². The minimum atomic E-state index is -3.43. The van der Waals surface area contributed by atoms with E-state index in [0.717, 1.165) is 11.1 Å². The summed E-state index contributed by atoms with van der Waals surface area (Å²) in [6, 6.07) is 12.9. The SMILES string of the molecule is Cc1ccc(S(=O)(=O)[C@H]2[C@@H](CN)[C@@H]2c2ccc(F)cc2)cc1. The van der Waals surface area contributed by atoms with Gasteiger partial charge in [-0.05, 0) is 49.2 Å². The molecule has 116 valence electrons. The first kappa shape index (κ1) is 15.2. The molecule has 2 aromatic rings. The van der Waals surface area contributed by atoms with Crippen LogP contribution in [-0.4, -0.2) is 20.2 Å². The molecule has 1 aliphatic rings. The normalized spacial score (nSPS) is 24.2. The van der Waals surface area contributed by atoms with Gasteiger partial charge < -0.3 is 5.73 Å². The van der Waals surface area contributed by atoms with Crippen LogP contribution in [0.25, 0.3) is 0 Å². The number of hydrogen-bond donors (Lipinski definition) is 1. The third-order valence-electron chi connectivity index (χ3n) is 4.33. The summed E-state index contributed by atoms with van der Waals surface area (Å²) in [6.07, 6.45) is 0. The minimum Gasteiger partial charge on any atom is -0.330 e. The number of nitrogens with two attached hydrogens (primary N) is 1. The van der Waals surface area contributed by atoms with Gasteiger partial charge in [0.1, 0.15) is 5.82 Å². The fourth-order valence-electron chi connectivity index (χ4n) is 3.05. The second-order valence-corrected chi connectivity index (χ2v) is 7.91. The predicted molar refractivity (Wildman–Crippen MR) is 83.8 cm³/mol. The highest BCUT2D eigenvalue weighted by atomic mass is 32.2. The fraction of sp³-hybridized carbons (Fsp3) is 0.294. The summed E-state index contributed by atoms with van der Waals surface area (Å²) in [4.78, 5) is 0.325. The lowest BCUT2D eigenvalue weighted by Crippen LogP contribution is -2.13. The van der Waals surface area contributed by atoms with E-state index in [2.05, 4.69) is 0 Å². The summed E-state index contributed by atoms with van der Waals surface area (Å²) in [5, 5.41) is -0.523. The van der Waals surface area contributed by atoms with Gasteiger partial charge in [0, 0.05) is 5.92 Å². The topological polar surface area (TPSA) is 60.2 Å². The molecule has 0 aliphatic heterocycles. The van der Waals surface area contributed by atoms with Gasteiger partial charge in [-0.1, -0.05) is 29.8 Å². The highest BCUT2D eigenvalue weighted by Gasteiger charge is 2.57. The molecule has 0 bridgehead atoms.